The molecule has 3 aliphatic rings. The summed E-state index contributed by atoms with van der Waals surface area (Å²) in [6.45, 7) is 10.7. The molecule has 3 aliphatic heterocycles. The first-order valence-corrected chi connectivity index (χ1v) is 19.0. The van der Waals surface area contributed by atoms with Crippen molar-refractivity contribution in [3.05, 3.63) is 94.8 Å². The molecule has 2 saturated heterocycles. The molecular weight excluding hydrogens is 622 g/mol. The number of amides is 4. The highest BCUT2D eigenvalue weighted by Crippen LogP contribution is 2.28. The van der Waals surface area contributed by atoms with Crippen LogP contribution in [-0.4, -0.2) is 81.6 Å². The van der Waals surface area contributed by atoms with E-state index in [0.29, 0.717) is 26.1 Å². The SMILES string of the molecule is CCc1ccc(CC(NC(=O)N2CCC(N3CCc4ccccc4NC3=O)CC2)c2nc3ccccc3n2CCCN2CCCC2)cc1CC. The Bertz CT molecular complexity index is 1790. The van der Waals surface area contributed by atoms with Crippen LogP contribution in [0.3, 0.4) is 0 Å². The van der Waals surface area contributed by atoms with Gasteiger partial charge in [-0.3, -0.25) is 0 Å². The van der Waals surface area contributed by atoms with Gasteiger partial charge in [-0.05, 0) is 118 Å². The number of carbonyl (C=O) groups is 2. The zero-order valence-electron chi connectivity index (χ0n) is 29.9. The number of imidazole rings is 1. The molecular formula is C41H53N7O2. The highest BCUT2D eigenvalue weighted by molar-refractivity contribution is 5.91. The van der Waals surface area contributed by atoms with Gasteiger partial charge in [-0.1, -0.05) is 62.4 Å². The summed E-state index contributed by atoms with van der Waals surface area (Å²) in [7, 11) is 0. The lowest BCUT2D eigenvalue weighted by Crippen LogP contribution is -2.52. The van der Waals surface area contributed by atoms with Gasteiger partial charge in [-0.25, -0.2) is 14.6 Å². The van der Waals surface area contributed by atoms with Crippen molar-refractivity contribution in [3.8, 4) is 0 Å². The summed E-state index contributed by atoms with van der Waals surface area (Å²) in [6.07, 6.45) is 8.64. The van der Waals surface area contributed by atoms with E-state index in [1.165, 1.54) is 48.2 Å². The highest BCUT2D eigenvalue weighted by atomic mass is 16.2. The molecule has 0 radical (unpaired) electrons. The van der Waals surface area contributed by atoms with Crippen LogP contribution in [-0.2, 0) is 32.2 Å². The van der Waals surface area contributed by atoms with Crippen molar-refractivity contribution in [2.45, 2.75) is 90.3 Å². The molecule has 3 aromatic carbocycles. The molecule has 1 unspecified atom stereocenters. The molecule has 1 atom stereocenters. The number of aromatic nitrogens is 2. The third-order valence-electron chi connectivity index (χ3n) is 11.2. The Labute approximate surface area is 297 Å². The Hall–Kier alpha value is -4.37. The quantitative estimate of drug-likeness (QED) is 0.176. The van der Waals surface area contributed by atoms with Crippen molar-refractivity contribution >= 4 is 28.8 Å². The Morgan fingerprint density at radius 1 is 0.900 bits per heavy atom. The van der Waals surface area contributed by atoms with Gasteiger partial charge < -0.3 is 29.9 Å². The summed E-state index contributed by atoms with van der Waals surface area (Å²) in [5.41, 5.74) is 8.14. The summed E-state index contributed by atoms with van der Waals surface area (Å²) in [5.74, 6) is 0.925. The summed E-state index contributed by atoms with van der Waals surface area (Å²) < 4.78 is 2.36. The molecule has 0 aliphatic carbocycles. The fourth-order valence-corrected chi connectivity index (χ4v) is 8.34. The van der Waals surface area contributed by atoms with Gasteiger partial charge in [0.1, 0.15) is 5.82 Å². The van der Waals surface area contributed by atoms with E-state index in [0.717, 1.165) is 74.2 Å². The third-order valence-corrected chi connectivity index (χ3v) is 11.2. The minimum absolute atomic E-state index is 0.0397. The smallest absolute Gasteiger partial charge is 0.322 e. The van der Waals surface area contributed by atoms with Crippen molar-refractivity contribution in [3.63, 3.8) is 0 Å². The molecule has 50 heavy (non-hydrogen) atoms. The molecule has 7 rings (SSSR count). The van der Waals surface area contributed by atoms with E-state index in [1.807, 2.05) is 34.1 Å². The third kappa shape index (κ3) is 7.53. The number of para-hydroxylation sites is 3. The molecule has 9 heteroatoms. The van der Waals surface area contributed by atoms with Gasteiger partial charge in [-0.15, -0.1) is 0 Å². The van der Waals surface area contributed by atoms with Crippen LogP contribution in [0, 0.1) is 0 Å². The number of piperidine rings is 1. The van der Waals surface area contributed by atoms with Gasteiger partial charge >= 0.3 is 12.1 Å². The molecule has 2 N–H and O–H groups in total. The van der Waals surface area contributed by atoms with E-state index in [2.05, 4.69) is 76.4 Å². The number of likely N-dealkylation sites (tertiary alicyclic amines) is 2. The number of hydrogen-bond donors (Lipinski definition) is 2. The number of urea groups is 2. The van der Waals surface area contributed by atoms with Crippen LogP contribution in [0.15, 0.2) is 66.7 Å². The van der Waals surface area contributed by atoms with Gasteiger partial charge in [0.05, 0.1) is 17.1 Å². The minimum Gasteiger partial charge on any atom is -0.328 e. The van der Waals surface area contributed by atoms with Crippen molar-refractivity contribution in [1.29, 1.82) is 0 Å². The second-order valence-corrected chi connectivity index (χ2v) is 14.3. The standard InChI is InChI=1S/C41H53N7O2/c1-3-31-17-16-30(28-32(31)4-2)29-37(39-42-36-14-7-8-15-38(36)48(39)24-11-23-45-21-9-10-22-45)44-40(49)46-25-19-34(20-26-46)47-27-18-33-12-5-6-13-35(33)43-41(47)50/h5-8,12-17,28,34,37H,3-4,9-11,18-27,29H2,1-2H3,(H,43,50)(H,44,49). The molecule has 0 saturated carbocycles. The van der Waals surface area contributed by atoms with Crippen LogP contribution in [0.5, 0.6) is 0 Å². The first-order valence-electron chi connectivity index (χ1n) is 19.0. The maximum absolute atomic E-state index is 14.1. The normalized spacial score (nSPS) is 17.8. The Balaban J connectivity index is 1.09. The molecule has 4 heterocycles. The summed E-state index contributed by atoms with van der Waals surface area (Å²) >= 11 is 0. The number of hydrogen-bond acceptors (Lipinski definition) is 4. The van der Waals surface area contributed by atoms with Gasteiger partial charge in [-0.2, -0.15) is 0 Å². The Kier molecular flexibility index (Phi) is 10.7. The Morgan fingerprint density at radius 2 is 1.66 bits per heavy atom. The van der Waals surface area contributed by atoms with E-state index >= 15 is 0 Å². The summed E-state index contributed by atoms with van der Waals surface area (Å²) in [5, 5.41) is 6.59. The van der Waals surface area contributed by atoms with Gasteiger partial charge in [0.15, 0.2) is 0 Å². The summed E-state index contributed by atoms with van der Waals surface area (Å²) in [6, 6.07) is 23.0. The Morgan fingerprint density at radius 3 is 2.46 bits per heavy atom. The predicted octanol–water partition coefficient (Wildman–Crippen LogP) is 7.20. The van der Waals surface area contributed by atoms with Gasteiger partial charge in [0.25, 0.3) is 0 Å². The van der Waals surface area contributed by atoms with E-state index < -0.39 is 0 Å². The van der Waals surface area contributed by atoms with Crippen LogP contribution in [0.4, 0.5) is 15.3 Å². The van der Waals surface area contributed by atoms with E-state index in [-0.39, 0.29) is 24.1 Å². The molecule has 264 valence electrons. The molecule has 2 fully saturated rings. The second-order valence-electron chi connectivity index (χ2n) is 14.3. The fourth-order valence-electron chi connectivity index (χ4n) is 8.34. The number of nitrogens with zero attached hydrogens (tertiary/aromatic N) is 5. The average molecular weight is 676 g/mol. The van der Waals surface area contributed by atoms with Crippen LogP contribution >= 0.6 is 0 Å². The lowest BCUT2D eigenvalue weighted by Gasteiger charge is -2.38. The first-order chi connectivity index (χ1) is 24.5. The molecule has 0 spiro atoms. The lowest BCUT2D eigenvalue weighted by atomic mass is 9.96. The van der Waals surface area contributed by atoms with Crippen LogP contribution < -0.4 is 10.6 Å². The fraction of sp³-hybridized carbons (Fsp3) is 0.488. The van der Waals surface area contributed by atoms with Crippen LogP contribution in [0.1, 0.15) is 80.1 Å². The number of nitrogens with one attached hydrogen (secondary N) is 2. The maximum atomic E-state index is 14.1. The second kappa shape index (κ2) is 15.7. The number of benzene rings is 3. The highest BCUT2D eigenvalue weighted by Gasteiger charge is 2.33. The van der Waals surface area contributed by atoms with Crippen molar-refractivity contribution in [1.82, 2.24) is 29.6 Å². The summed E-state index contributed by atoms with van der Waals surface area (Å²) in [4.78, 5) is 39.0. The average Bonchev–Trinajstić information content (AvgIpc) is 3.76. The van der Waals surface area contributed by atoms with Crippen molar-refractivity contribution in [2.24, 2.45) is 0 Å². The van der Waals surface area contributed by atoms with E-state index in [1.54, 1.807) is 0 Å². The zero-order valence-corrected chi connectivity index (χ0v) is 29.9. The van der Waals surface area contributed by atoms with Crippen LogP contribution in [0.25, 0.3) is 11.0 Å². The number of carbonyl (C=O) groups excluding carboxylic acids is 2. The van der Waals surface area contributed by atoms with Gasteiger partial charge in [0.2, 0.25) is 0 Å². The van der Waals surface area contributed by atoms with Gasteiger partial charge in [0, 0.05) is 37.9 Å². The number of fused-ring (bicyclic) bond motifs is 2. The maximum Gasteiger partial charge on any atom is 0.322 e. The molecule has 4 amide bonds. The minimum atomic E-state index is -0.286. The predicted molar refractivity (Wildman–Crippen MR) is 201 cm³/mol. The monoisotopic (exact) mass is 675 g/mol. The van der Waals surface area contributed by atoms with Crippen LogP contribution in [0.2, 0.25) is 0 Å². The largest absolute Gasteiger partial charge is 0.328 e. The van der Waals surface area contributed by atoms with Crippen molar-refractivity contribution in [2.75, 3.05) is 44.6 Å². The molecule has 4 aromatic rings. The first kappa shape index (κ1) is 34.1. The topological polar surface area (TPSA) is 85.7 Å². The number of aryl methyl sites for hydroxylation is 3. The van der Waals surface area contributed by atoms with E-state index in [4.69, 9.17) is 4.98 Å². The molecule has 9 nitrogen and oxygen atoms in total. The molecule has 0 bridgehead atoms. The van der Waals surface area contributed by atoms with Crippen molar-refractivity contribution < 1.29 is 9.59 Å². The van der Waals surface area contributed by atoms with E-state index in [9.17, 15) is 9.59 Å². The number of anilines is 1. The zero-order chi connectivity index (χ0) is 34.5. The molecule has 1 aromatic heterocycles. The number of rotatable bonds is 11. The lowest BCUT2D eigenvalue weighted by molar-refractivity contribution is 0.133.